The molecule has 0 bridgehead atoms. The molecule has 2 nitrogen and oxygen atoms in total. The third kappa shape index (κ3) is 5.57. The smallest absolute Gasteiger partial charge is 0.0712 e. The number of anilines is 4. The molecule has 1 heterocycles. The molecule has 0 aromatic heterocycles. The Bertz CT molecular complexity index is 2060. The van der Waals surface area contributed by atoms with Crippen LogP contribution in [0.4, 0.5) is 22.7 Å². The molecule has 2 atom stereocenters. The van der Waals surface area contributed by atoms with E-state index in [9.17, 15) is 0 Å². The van der Waals surface area contributed by atoms with Crippen LogP contribution >= 0.6 is 0 Å². The highest BCUT2D eigenvalue weighted by Gasteiger charge is 2.47. The minimum absolute atomic E-state index is 0.206. The first-order valence-corrected chi connectivity index (χ1v) is 16.6. The monoisotopic (exact) mass is 606 g/mol. The predicted molar refractivity (Wildman–Crippen MR) is 199 cm³/mol. The van der Waals surface area contributed by atoms with E-state index in [2.05, 4.69) is 193 Å². The quantitative estimate of drug-likeness (QED) is 0.185. The fourth-order valence-corrected chi connectivity index (χ4v) is 7.41. The number of nitrogens with one attached hydrogen (secondary N) is 1. The molecule has 2 heteroatoms. The highest BCUT2D eigenvalue weighted by Crippen LogP contribution is 2.56. The molecule has 0 saturated heterocycles. The van der Waals surface area contributed by atoms with Gasteiger partial charge in [0, 0.05) is 34.2 Å². The second-order valence-corrected chi connectivity index (χ2v) is 12.8. The number of aryl methyl sites for hydroxylation is 2. The molecule has 6 aromatic carbocycles. The molecule has 0 spiro atoms. The normalized spacial score (nSPS) is 17.7. The van der Waals surface area contributed by atoms with Crippen molar-refractivity contribution in [3.63, 3.8) is 0 Å². The molecule has 1 aliphatic carbocycles. The highest BCUT2D eigenvalue weighted by molar-refractivity contribution is 5.90. The van der Waals surface area contributed by atoms with Crippen molar-refractivity contribution in [1.82, 2.24) is 0 Å². The van der Waals surface area contributed by atoms with Crippen molar-refractivity contribution in [2.45, 2.75) is 31.2 Å². The fourth-order valence-electron chi connectivity index (χ4n) is 7.41. The summed E-state index contributed by atoms with van der Waals surface area (Å²) in [5, 5.41) is 3.95. The summed E-state index contributed by atoms with van der Waals surface area (Å²) < 4.78 is 0. The minimum Gasteiger partial charge on any atom is -0.355 e. The Morgan fingerprint density at radius 1 is 0.596 bits per heavy atom. The molecule has 1 aliphatic heterocycles. The van der Waals surface area contributed by atoms with E-state index < -0.39 is 0 Å². The summed E-state index contributed by atoms with van der Waals surface area (Å²) in [6.45, 7) is 2.36. The van der Waals surface area contributed by atoms with Gasteiger partial charge in [-0.2, -0.15) is 0 Å². The number of allylic oxidation sites excluding steroid dienone is 2. The van der Waals surface area contributed by atoms with Crippen molar-refractivity contribution in [3.05, 3.63) is 193 Å². The minimum atomic E-state index is -0.206. The summed E-state index contributed by atoms with van der Waals surface area (Å²) >= 11 is 0. The lowest BCUT2D eigenvalue weighted by atomic mass is 9.80. The van der Waals surface area contributed by atoms with Gasteiger partial charge in [0.1, 0.15) is 0 Å². The molecular formula is C45H38N2. The van der Waals surface area contributed by atoms with Crippen LogP contribution in [0.1, 0.15) is 29.5 Å². The zero-order valence-corrected chi connectivity index (χ0v) is 26.7. The van der Waals surface area contributed by atoms with Gasteiger partial charge in [-0.05, 0) is 89.5 Å². The molecule has 1 N–H and O–H groups in total. The Morgan fingerprint density at radius 3 is 1.96 bits per heavy atom. The number of rotatable bonds is 8. The van der Waals surface area contributed by atoms with Gasteiger partial charge in [-0.3, -0.25) is 0 Å². The second kappa shape index (κ2) is 12.3. The van der Waals surface area contributed by atoms with E-state index in [1.807, 2.05) is 0 Å². The molecule has 47 heavy (non-hydrogen) atoms. The van der Waals surface area contributed by atoms with Crippen LogP contribution in [0.25, 0.3) is 22.3 Å². The van der Waals surface area contributed by atoms with Crippen molar-refractivity contribution in [3.8, 4) is 22.3 Å². The van der Waals surface area contributed by atoms with Crippen molar-refractivity contribution in [1.29, 1.82) is 0 Å². The Hall–Kier alpha value is -5.60. The first kappa shape index (κ1) is 28.8. The van der Waals surface area contributed by atoms with Gasteiger partial charge in [-0.15, -0.1) is 0 Å². The van der Waals surface area contributed by atoms with Gasteiger partial charge >= 0.3 is 0 Å². The Kier molecular flexibility index (Phi) is 7.55. The number of fused-ring (bicyclic) bond motifs is 3. The summed E-state index contributed by atoms with van der Waals surface area (Å²) in [6, 6.07) is 54.9. The van der Waals surface area contributed by atoms with E-state index in [-0.39, 0.29) is 11.5 Å². The molecular weight excluding hydrogens is 569 g/mol. The van der Waals surface area contributed by atoms with Gasteiger partial charge in [0.15, 0.2) is 0 Å². The molecule has 0 radical (unpaired) electrons. The maximum absolute atomic E-state index is 3.95. The van der Waals surface area contributed by atoms with Crippen LogP contribution < -0.4 is 10.2 Å². The Balaban J connectivity index is 1.26. The zero-order chi connectivity index (χ0) is 31.6. The molecule has 0 amide bonds. The largest absolute Gasteiger partial charge is 0.355 e. The van der Waals surface area contributed by atoms with Crippen molar-refractivity contribution < 1.29 is 0 Å². The molecule has 2 aliphatic rings. The van der Waals surface area contributed by atoms with Gasteiger partial charge < -0.3 is 10.2 Å². The van der Waals surface area contributed by atoms with E-state index in [4.69, 9.17) is 0 Å². The lowest BCUT2D eigenvalue weighted by Gasteiger charge is -2.39. The van der Waals surface area contributed by atoms with E-state index >= 15 is 0 Å². The molecule has 0 fully saturated rings. The van der Waals surface area contributed by atoms with Crippen LogP contribution in [0.2, 0.25) is 0 Å². The summed E-state index contributed by atoms with van der Waals surface area (Å²) in [7, 11) is 0. The van der Waals surface area contributed by atoms with Crippen LogP contribution in [0.5, 0.6) is 0 Å². The van der Waals surface area contributed by atoms with Crippen molar-refractivity contribution in [2.24, 2.45) is 0 Å². The van der Waals surface area contributed by atoms with Crippen LogP contribution in [0.3, 0.4) is 0 Å². The summed E-state index contributed by atoms with van der Waals surface area (Å²) in [6.07, 6.45) is 11.1. The van der Waals surface area contributed by atoms with Crippen molar-refractivity contribution in [2.75, 3.05) is 10.2 Å². The first-order valence-electron chi connectivity index (χ1n) is 16.6. The summed E-state index contributed by atoms with van der Waals surface area (Å²) in [5.41, 5.74) is 13.3. The van der Waals surface area contributed by atoms with Crippen LogP contribution in [0.15, 0.2) is 176 Å². The summed E-state index contributed by atoms with van der Waals surface area (Å²) in [4.78, 5) is 2.53. The molecule has 6 aromatic rings. The maximum Gasteiger partial charge on any atom is 0.0712 e. The number of benzene rings is 6. The van der Waals surface area contributed by atoms with Gasteiger partial charge in [0.25, 0.3) is 0 Å². The summed E-state index contributed by atoms with van der Waals surface area (Å²) in [5.74, 6) is 0.241. The fraction of sp³-hybridized carbons (Fsp3) is 0.111. The van der Waals surface area contributed by atoms with Gasteiger partial charge in [-0.1, -0.05) is 140 Å². The SMILES string of the molecule is CC12C=CC=CC1c1cc(-c3ccccc3)c(Nc3cc(CCc4ccccc4)cc(-c4ccccc4)c3)cc1N2c1ccccc1. The molecule has 2 unspecified atom stereocenters. The first-order chi connectivity index (χ1) is 23.2. The number of hydrogen-bond donors (Lipinski definition) is 1. The highest BCUT2D eigenvalue weighted by atomic mass is 15.2. The van der Waals surface area contributed by atoms with Gasteiger partial charge in [0.05, 0.1) is 5.54 Å². The van der Waals surface area contributed by atoms with Gasteiger partial charge in [-0.25, -0.2) is 0 Å². The van der Waals surface area contributed by atoms with Crippen LogP contribution in [-0.2, 0) is 12.8 Å². The van der Waals surface area contributed by atoms with E-state index in [0.717, 1.165) is 24.2 Å². The molecule has 8 rings (SSSR count). The third-order valence-electron chi connectivity index (χ3n) is 9.73. The average molecular weight is 607 g/mol. The Morgan fingerprint density at radius 2 is 1.23 bits per heavy atom. The molecule has 228 valence electrons. The topological polar surface area (TPSA) is 15.3 Å². The second-order valence-electron chi connectivity index (χ2n) is 12.8. The van der Waals surface area contributed by atoms with Crippen molar-refractivity contribution >= 4 is 22.7 Å². The van der Waals surface area contributed by atoms with Gasteiger partial charge in [0.2, 0.25) is 0 Å². The Labute approximate surface area is 278 Å². The third-order valence-corrected chi connectivity index (χ3v) is 9.73. The van der Waals surface area contributed by atoms with E-state index in [1.54, 1.807) is 0 Å². The predicted octanol–water partition coefficient (Wildman–Crippen LogP) is 11.7. The van der Waals surface area contributed by atoms with E-state index in [1.165, 1.54) is 50.3 Å². The van der Waals surface area contributed by atoms with E-state index in [0.29, 0.717) is 0 Å². The number of nitrogens with zero attached hydrogens (tertiary/aromatic N) is 1. The van der Waals surface area contributed by atoms with Crippen LogP contribution in [-0.4, -0.2) is 5.54 Å². The lowest BCUT2D eigenvalue weighted by Crippen LogP contribution is -2.41. The number of para-hydroxylation sites is 1. The zero-order valence-electron chi connectivity index (χ0n) is 26.7. The standard InChI is InChI=1S/C45H38N2/c1-45-27-15-14-24-42(45)41-31-40(36-20-10-4-11-21-36)43(32-44(41)47(45)39-22-12-5-13-23-39)46-38-29-34(26-25-33-16-6-2-7-17-33)28-37(30-38)35-18-8-3-9-19-35/h2-24,27-32,42,46H,25-26H2,1H3. The lowest BCUT2D eigenvalue weighted by molar-refractivity contribution is 0.542. The number of hydrogen-bond acceptors (Lipinski definition) is 2. The van der Waals surface area contributed by atoms with Crippen LogP contribution in [0, 0.1) is 0 Å². The maximum atomic E-state index is 3.95. The average Bonchev–Trinajstić information content (AvgIpc) is 3.39. The molecule has 0 saturated carbocycles.